The van der Waals surface area contributed by atoms with E-state index in [1.54, 1.807) is 0 Å². The van der Waals surface area contributed by atoms with Crippen molar-refractivity contribution in [2.45, 2.75) is 32.1 Å². The lowest BCUT2D eigenvalue weighted by Crippen LogP contribution is -2.43. The van der Waals surface area contributed by atoms with Crippen LogP contribution in [-0.4, -0.2) is 43.2 Å². The van der Waals surface area contributed by atoms with Crippen LogP contribution in [0.1, 0.15) is 37.9 Å². The summed E-state index contributed by atoms with van der Waals surface area (Å²) in [5, 5.41) is 8.83. The molecule has 25 heavy (non-hydrogen) atoms. The van der Waals surface area contributed by atoms with Gasteiger partial charge in [0, 0.05) is 25.2 Å². The smallest absolute Gasteiger partial charge is 0.236 e. The van der Waals surface area contributed by atoms with Crippen LogP contribution in [0.2, 0.25) is 0 Å². The third-order valence-corrected chi connectivity index (χ3v) is 5.28. The van der Waals surface area contributed by atoms with Crippen molar-refractivity contribution in [3.8, 4) is 6.07 Å². The van der Waals surface area contributed by atoms with Crippen molar-refractivity contribution in [3.63, 3.8) is 0 Å². The predicted molar refractivity (Wildman–Crippen MR) is 92.8 cm³/mol. The Hall–Kier alpha value is -2.88. The zero-order valence-electron chi connectivity index (χ0n) is 14.1. The number of piperidine rings is 1. The molecule has 0 bridgehead atoms. The maximum absolute atomic E-state index is 12.2. The van der Waals surface area contributed by atoms with Crippen LogP contribution in [0.15, 0.2) is 24.7 Å². The number of H-pyrrole nitrogens is 1. The molecule has 2 atom stereocenters. The summed E-state index contributed by atoms with van der Waals surface area (Å²) in [7, 11) is 0. The lowest BCUT2D eigenvalue weighted by Gasteiger charge is -2.37. The van der Waals surface area contributed by atoms with E-state index in [4.69, 9.17) is 10.2 Å². The van der Waals surface area contributed by atoms with Crippen LogP contribution in [-0.2, 0) is 4.79 Å². The first-order valence-electron chi connectivity index (χ1n) is 8.67. The molecule has 1 aliphatic heterocycles. The van der Waals surface area contributed by atoms with Gasteiger partial charge in [0.05, 0.1) is 29.5 Å². The zero-order chi connectivity index (χ0) is 17.4. The quantitative estimate of drug-likeness (QED) is 0.795. The summed E-state index contributed by atoms with van der Waals surface area (Å²) < 4.78 is 2.14. The number of rotatable bonds is 3. The van der Waals surface area contributed by atoms with E-state index >= 15 is 0 Å². The Bertz CT molecular complexity index is 965. The molecule has 4 rings (SSSR count). The van der Waals surface area contributed by atoms with Gasteiger partial charge in [-0.1, -0.05) is 13.3 Å². The number of carbonyl (C=O) groups is 1. The van der Waals surface area contributed by atoms with E-state index in [0.717, 1.165) is 41.9 Å². The minimum Gasteiger partial charge on any atom is -0.345 e. The van der Waals surface area contributed by atoms with Gasteiger partial charge in [0.1, 0.15) is 12.2 Å². The van der Waals surface area contributed by atoms with Crippen molar-refractivity contribution in [1.29, 1.82) is 5.26 Å². The van der Waals surface area contributed by atoms with Crippen molar-refractivity contribution < 1.29 is 4.79 Å². The van der Waals surface area contributed by atoms with Gasteiger partial charge in [-0.2, -0.15) is 5.26 Å². The number of imidazole rings is 1. The summed E-state index contributed by atoms with van der Waals surface area (Å²) in [5.74, 6) is 1.52. The third-order valence-electron chi connectivity index (χ3n) is 5.28. The molecule has 1 aliphatic rings. The Morgan fingerprint density at radius 1 is 1.44 bits per heavy atom. The molecule has 0 aliphatic carbocycles. The Labute approximate surface area is 145 Å². The van der Waals surface area contributed by atoms with E-state index in [-0.39, 0.29) is 18.2 Å². The van der Waals surface area contributed by atoms with E-state index in [0.29, 0.717) is 12.5 Å². The molecular weight excluding hydrogens is 316 g/mol. The largest absolute Gasteiger partial charge is 0.345 e. The normalized spacial score (nSPS) is 20.9. The SMILES string of the molecule is CC[C@H]1CCN(C(=O)CC#N)C[C@H]1c1ncc2cnc3[nH]ccc3n12. The number of nitriles is 1. The average Bonchev–Trinajstić information content (AvgIpc) is 3.27. The van der Waals surface area contributed by atoms with Gasteiger partial charge in [-0.3, -0.25) is 9.20 Å². The molecule has 3 aromatic heterocycles. The number of hydrogen-bond donors (Lipinski definition) is 1. The van der Waals surface area contributed by atoms with Gasteiger partial charge in [0.2, 0.25) is 5.91 Å². The van der Waals surface area contributed by atoms with Crippen LogP contribution in [0.3, 0.4) is 0 Å². The van der Waals surface area contributed by atoms with Gasteiger partial charge >= 0.3 is 0 Å². The first kappa shape index (κ1) is 15.6. The number of nitrogens with one attached hydrogen (secondary N) is 1. The summed E-state index contributed by atoms with van der Waals surface area (Å²) in [6, 6.07) is 3.97. The minimum absolute atomic E-state index is 0.0577. The molecule has 0 saturated carbocycles. The second-order valence-electron chi connectivity index (χ2n) is 6.58. The second-order valence-corrected chi connectivity index (χ2v) is 6.58. The maximum atomic E-state index is 12.2. The molecule has 1 N–H and O–H groups in total. The molecule has 0 spiro atoms. The molecule has 0 unspecified atom stereocenters. The topological polar surface area (TPSA) is 90.1 Å². The van der Waals surface area contributed by atoms with E-state index in [1.807, 2.05) is 35.6 Å². The Kier molecular flexibility index (Phi) is 3.88. The number of aromatic amines is 1. The highest BCUT2D eigenvalue weighted by atomic mass is 16.2. The van der Waals surface area contributed by atoms with Crippen molar-refractivity contribution >= 4 is 22.6 Å². The first-order valence-corrected chi connectivity index (χ1v) is 8.67. The molecule has 0 radical (unpaired) electrons. The molecule has 1 saturated heterocycles. The van der Waals surface area contributed by atoms with Gasteiger partial charge in [-0.05, 0) is 18.4 Å². The monoisotopic (exact) mass is 336 g/mol. The van der Waals surface area contributed by atoms with E-state index < -0.39 is 0 Å². The van der Waals surface area contributed by atoms with Crippen LogP contribution in [0.4, 0.5) is 0 Å². The van der Waals surface area contributed by atoms with Gasteiger partial charge in [-0.25, -0.2) is 9.97 Å². The van der Waals surface area contributed by atoms with Crippen LogP contribution >= 0.6 is 0 Å². The lowest BCUT2D eigenvalue weighted by atomic mass is 9.83. The molecular formula is C18H20N6O. The summed E-state index contributed by atoms with van der Waals surface area (Å²) in [6.07, 6.45) is 7.46. The third kappa shape index (κ3) is 2.54. The number of fused-ring (bicyclic) bond motifs is 3. The van der Waals surface area contributed by atoms with Crippen LogP contribution in [0.5, 0.6) is 0 Å². The van der Waals surface area contributed by atoms with Crippen LogP contribution < -0.4 is 0 Å². The molecule has 0 aromatic carbocycles. The second kappa shape index (κ2) is 6.20. The Morgan fingerprint density at radius 2 is 2.28 bits per heavy atom. The first-order chi connectivity index (χ1) is 12.2. The Morgan fingerprint density at radius 3 is 3.08 bits per heavy atom. The van der Waals surface area contributed by atoms with Crippen molar-refractivity contribution in [1.82, 2.24) is 24.3 Å². The Balaban J connectivity index is 1.78. The van der Waals surface area contributed by atoms with Crippen LogP contribution in [0.25, 0.3) is 16.7 Å². The van der Waals surface area contributed by atoms with Crippen LogP contribution in [0, 0.1) is 17.2 Å². The highest BCUT2D eigenvalue weighted by Gasteiger charge is 2.34. The van der Waals surface area contributed by atoms with Crippen molar-refractivity contribution in [2.75, 3.05) is 13.1 Å². The van der Waals surface area contributed by atoms with Crippen molar-refractivity contribution in [3.05, 3.63) is 30.5 Å². The number of amides is 1. The van der Waals surface area contributed by atoms with E-state index in [1.165, 1.54) is 0 Å². The number of hydrogen-bond acceptors (Lipinski definition) is 4. The molecule has 128 valence electrons. The fourth-order valence-corrected chi connectivity index (χ4v) is 3.95. The van der Waals surface area contributed by atoms with Gasteiger partial charge in [0.25, 0.3) is 0 Å². The highest BCUT2D eigenvalue weighted by Crippen LogP contribution is 2.35. The molecule has 1 amide bonds. The molecule has 7 nitrogen and oxygen atoms in total. The number of aromatic nitrogens is 4. The highest BCUT2D eigenvalue weighted by molar-refractivity contribution is 5.78. The van der Waals surface area contributed by atoms with Gasteiger partial charge in [-0.15, -0.1) is 0 Å². The lowest BCUT2D eigenvalue weighted by molar-refractivity contribution is -0.132. The summed E-state index contributed by atoms with van der Waals surface area (Å²) in [5.41, 5.74) is 2.78. The zero-order valence-corrected chi connectivity index (χ0v) is 14.1. The fraction of sp³-hybridized carbons (Fsp3) is 0.444. The molecule has 3 aromatic rings. The average molecular weight is 336 g/mol. The molecule has 4 heterocycles. The number of carbonyl (C=O) groups excluding carboxylic acids is 1. The standard InChI is InChI=1S/C18H20N6O/c1-2-12-5-8-23(16(25)3-6-19)11-14(12)18-22-10-13-9-21-17-15(24(13)18)4-7-20-17/h4,7,9-10,12,14,20H,2-3,5,8,11H2,1H3/t12-,14+/m0/s1. The summed E-state index contributed by atoms with van der Waals surface area (Å²) in [4.78, 5) is 26.3. The number of nitrogens with zero attached hydrogens (tertiary/aromatic N) is 5. The van der Waals surface area contributed by atoms with Gasteiger partial charge < -0.3 is 9.88 Å². The van der Waals surface area contributed by atoms with Gasteiger partial charge in [0.15, 0.2) is 5.65 Å². The maximum Gasteiger partial charge on any atom is 0.236 e. The van der Waals surface area contributed by atoms with E-state index in [2.05, 4.69) is 21.3 Å². The summed E-state index contributed by atoms with van der Waals surface area (Å²) >= 11 is 0. The predicted octanol–water partition coefficient (Wildman–Crippen LogP) is 2.47. The summed E-state index contributed by atoms with van der Waals surface area (Å²) in [6.45, 7) is 3.53. The van der Waals surface area contributed by atoms with Crippen molar-refractivity contribution in [2.24, 2.45) is 5.92 Å². The fourth-order valence-electron chi connectivity index (χ4n) is 3.95. The molecule has 1 fully saturated rings. The van der Waals surface area contributed by atoms with E-state index in [9.17, 15) is 4.79 Å². The molecule has 7 heteroatoms. The number of likely N-dealkylation sites (tertiary alicyclic amines) is 1. The minimum atomic E-state index is -0.0867.